The molecule has 0 amide bonds. The van der Waals surface area contributed by atoms with Crippen LogP contribution < -0.4 is 0 Å². The molecular formula is C13H11Cl2PS. The van der Waals surface area contributed by atoms with Crippen molar-refractivity contribution in [3.05, 3.63) is 69.7 Å². The second-order valence-corrected chi connectivity index (χ2v) is 6.35. The van der Waals surface area contributed by atoms with Crippen molar-refractivity contribution < 1.29 is 0 Å². The molecule has 0 aliphatic heterocycles. The average Bonchev–Trinajstić information content (AvgIpc) is 2.35. The van der Waals surface area contributed by atoms with Crippen molar-refractivity contribution in [1.29, 1.82) is 0 Å². The van der Waals surface area contributed by atoms with Gasteiger partial charge in [-0.3, -0.25) is 0 Å². The molecule has 88 valence electrons. The molecule has 4 heteroatoms. The van der Waals surface area contributed by atoms with E-state index in [1.807, 2.05) is 48.5 Å². The number of hydrogen-bond acceptors (Lipinski definition) is 1. The minimum atomic E-state index is -0.101. The molecule has 0 bridgehead atoms. The van der Waals surface area contributed by atoms with Crippen LogP contribution >= 0.6 is 30.6 Å². The first kappa shape index (κ1) is 13.1. The first-order chi connectivity index (χ1) is 8.20. The average molecular weight is 301 g/mol. The van der Waals surface area contributed by atoms with Crippen LogP contribution in [0.3, 0.4) is 0 Å². The smallest absolute Gasteiger partial charge is 0.0406 e. The number of rotatable bonds is 3. The van der Waals surface area contributed by atoms with Crippen LogP contribution in [0.25, 0.3) is 0 Å². The Morgan fingerprint density at radius 2 is 1.12 bits per heavy atom. The third kappa shape index (κ3) is 3.33. The zero-order valence-corrected chi connectivity index (χ0v) is 12.4. The maximum atomic E-state index is 5.89. The van der Waals surface area contributed by atoms with E-state index in [-0.39, 0.29) is 7.36 Å². The zero-order chi connectivity index (χ0) is 12.3. The van der Waals surface area contributed by atoms with Crippen molar-refractivity contribution >= 4 is 42.4 Å². The molecule has 17 heavy (non-hydrogen) atoms. The first-order valence-corrected chi connectivity index (χ1v) is 8.48. The van der Waals surface area contributed by atoms with Crippen LogP contribution in [0.15, 0.2) is 48.5 Å². The molecule has 2 aromatic carbocycles. The van der Waals surface area contributed by atoms with Crippen LogP contribution in [0.4, 0.5) is 0 Å². The third-order valence-corrected chi connectivity index (χ3v) is 4.96. The Balaban J connectivity index is 2.36. The van der Waals surface area contributed by atoms with E-state index in [1.54, 1.807) is 0 Å². The van der Waals surface area contributed by atoms with E-state index in [0.717, 1.165) is 10.0 Å². The van der Waals surface area contributed by atoms with E-state index in [4.69, 9.17) is 35.0 Å². The first-order valence-electron chi connectivity index (χ1n) is 5.17. The van der Waals surface area contributed by atoms with Crippen molar-refractivity contribution in [2.75, 3.05) is 0 Å². The monoisotopic (exact) mass is 300 g/mol. The second-order valence-electron chi connectivity index (χ2n) is 3.72. The summed E-state index contributed by atoms with van der Waals surface area (Å²) in [6.07, 6.45) is 0. The normalized spacial score (nSPS) is 11.5. The van der Waals surface area contributed by atoms with Gasteiger partial charge in [0.15, 0.2) is 0 Å². The summed E-state index contributed by atoms with van der Waals surface area (Å²) in [6.45, 7) is 0. The van der Waals surface area contributed by atoms with Gasteiger partial charge in [-0.1, -0.05) is 54.8 Å². The molecule has 0 saturated heterocycles. The maximum Gasteiger partial charge on any atom is 0.0406 e. The van der Waals surface area contributed by atoms with Crippen LogP contribution in [0.2, 0.25) is 10.0 Å². The van der Waals surface area contributed by atoms with Gasteiger partial charge in [-0.15, -0.1) is 11.8 Å². The molecule has 0 N–H and O–H groups in total. The highest BCUT2D eigenvalue weighted by Crippen LogP contribution is 2.35. The fourth-order valence-electron chi connectivity index (χ4n) is 1.69. The maximum absolute atomic E-state index is 5.89. The predicted molar refractivity (Wildman–Crippen MR) is 81.8 cm³/mol. The van der Waals surface area contributed by atoms with Gasteiger partial charge in [-0.05, 0) is 35.4 Å². The largest absolute Gasteiger partial charge is 0.103 e. The highest BCUT2D eigenvalue weighted by Gasteiger charge is 2.10. The second kappa shape index (κ2) is 6.02. The standard InChI is InChI=1S/C13H11Cl2PS/c14-11-5-1-9(2-6-11)13(16-17)10-3-7-12(15)8-4-10/h1-8,13H,16H2. The van der Waals surface area contributed by atoms with Crippen LogP contribution in [0, 0.1) is 0 Å². The molecule has 0 nitrogen and oxygen atoms in total. The number of benzene rings is 2. The van der Waals surface area contributed by atoms with E-state index >= 15 is 0 Å². The SMILES string of the molecule is S=[PH2]C(c1ccc(Cl)cc1)c1ccc(Cl)cc1. The molecule has 0 aliphatic rings. The lowest BCUT2D eigenvalue weighted by Gasteiger charge is -2.13. The molecule has 1 unspecified atom stereocenters. The lowest BCUT2D eigenvalue weighted by Crippen LogP contribution is -1.92. The van der Waals surface area contributed by atoms with Crippen LogP contribution in [-0.2, 0) is 11.8 Å². The predicted octanol–water partition coefficient (Wildman–Crippen LogP) is 4.96. The molecule has 2 rings (SSSR count). The molecule has 0 aromatic heterocycles. The zero-order valence-electron chi connectivity index (χ0n) is 8.94. The quantitative estimate of drug-likeness (QED) is 0.722. The van der Waals surface area contributed by atoms with Crippen molar-refractivity contribution in [2.24, 2.45) is 0 Å². The molecule has 1 atom stereocenters. The summed E-state index contributed by atoms with van der Waals surface area (Å²) >= 11 is 17.1. The molecule has 0 fully saturated rings. The van der Waals surface area contributed by atoms with Gasteiger partial charge >= 0.3 is 0 Å². The van der Waals surface area contributed by atoms with E-state index in [0.29, 0.717) is 5.66 Å². The van der Waals surface area contributed by atoms with Crippen molar-refractivity contribution in [1.82, 2.24) is 0 Å². The molecule has 0 aliphatic carbocycles. The Bertz CT molecular complexity index is 462. The minimum absolute atomic E-state index is 0.101. The highest BCUT2D eigenvalue weighted by molar-refractivity contribution is 7.96. The van der Waals surface area contributed by atoms with Crippen LogP contribution in [0.5, 0.6) is 0 Å². The van der Waals surface area contributed by atoms with E-state index in [9.17, 15) is 0 Å². The van der Waals surface area contributed by atoms with E-state index in [1.165, 1.54) is 11.1 Å². The Morgan fingerprint density at radius 1 is 0.765 bits per heavy atom. The van der Waals surface area contributed by atoms with Gasteiger partial charge < -0.3 is 0 Å². The van der Waals surface area contributed by atoms with Crippen molar-refractivity contribution in [2.45, 2.75) is 5.66 Å². The molecule has 0 radical (unpaired) electrons. The Labute approximate surface area is 117 Å². The summed E-state index contributed by atoms with van der Waals surface area (Å²) in [5.41, 5.74) is 2.75. The topological polar surface area (TPSA) is 0 Å². The lowest BCUT2D eigenvalue weighted by molar-refractivity contribution is 1.16. The van der Waals surface area contributed by atoms with Gasteiger partial charge in [-0.25, -0.2) is 0 Å². The van der Waals surface area contributed by atoms with Gasteiger partial charge in [-0.2, -0.15) is 0 Å². The summed E-state index contributed by atoms with van der Waals surface area (Å²) in [5.74, 6) is 0. The molecule has 0 heterocycles. The van der Waals surface area contributed by atoms with E-state index in [2.05, 4.69) is 0 Å². The highest BCUT2D eigenvalue weighted by atomic mass is 35.5. The van der Waals surface area contributed by atoms with Gasteiger partial charge in [0.25, 0.3) is 0 Å². The summed E-state index contributed by atoms with van der Waals surface area (Å²) < 4.78 is 0. The lowest BCUT2D eigenvalue weighted by atomic mass is 10.0. The Hall–Kier alpha value is -0.330. The Kier molecular flexibility index (Phi) is 4.64. The molecule has 0 saturated carbocycles. The molecule has 0 spiro atoms. The van der Waals surface area contributed by atoms with Crippen LogP contribution in [0.1, 0.15) is 16.8 Å². The fraction of sp³-hybridized carbons (Fsp3) is 0.0769. The molecular weight excluding hydrogens is 290 g/mol. The van der Waals surface area contributed by atoms with Gasteiger partial charge in [0, 0.05) is 15.7 Å². The van der Waals surface area contributed by atoms with Crippen molar-refractivity contribution in [3.8, 4) is 0 Å². The Morgan fingerprint density at radius 3 is 1.41 bits per heavy atom. The van der Waals surface area contributed by atoms with Crippen LogP contribution in [-0.4, -0.2) is 0 Å². The molecule has 2 aromatic rings. The van der Waals surface area contributed by atoms with Gasteiger partial charge in [0.1, 0.15) is 0 Å². The van der Waals surface area contributed by atoms with Crippen molar-refractivity contribution in [3.63, 3.8) is 0 Å². The fourth-order valence-corrected chi connectivity index (χ4v) is 3.64. The third-order valence-electron chi connectivity index (χ3n) is 2.59. The minimum Gasteiger partial charge on any atom is -0.103 e. The summed E-state index contributed by atoms with van der Waals surface area (Å²) in [6, 6.07) is 15.8. The summed E-state index contributed by atoms with van der Waals surface area (Å²) in [5, 5.41) is 1.51. The number of hydrogen-bond donors (Lipinski definition) is 0. The van der Waals surface area contributed by atoms with Gasteiger partial charge in [0.05, 0.1) is 0 Å². The summed E-state index contributed by atoms with van der Waals surface area (Å²) in [7, 11) is -0.101. The summed E-state index contributed by atoms with van der Waals surface area (Å²) in [4.78, 5) is 0. The number of halogens is 2. The van der Waals surface area contributed by atoms with E-state index < -0.39 is 0 Å². The van der Waals surface area contributed by atoms with Gasteiger partial charge in [0.2, 0.25) is 0 Å².